The summed E-state index contributed by atoms with van der Waals surface area (Å²) in [5, 5.41) is 1.11. The summed E-state index contributed by atoms with van der Waals surface area (Å²) in [5.74, 6) is 1.77. The highest BCUT2D eigenvalue weighted by Gasteiger charge is 2.41. The van der Waals surface area contributed by atoms with Crippen LogP contribution in [0.2, 0.25) is 0 Å². The molecule has 2 unspecified atom stereocenters. The molecule has 2 aromatic carbocycles. The molecule has 9 heteroatoms. The summed E-state index contributed by atoms with van der Waals surface area (Å²) in [6.45, 7) is 10.1. The van der Waals surface area contributed by atoms with Gasteiger partial charge in [-0.3, -0.25) is 4.90 Å². The summed E-state index contributed by atoms with van der Waals surface area (Å²) in [7, 11) is 1.77. The Morgan fingerprint density at radius 1 is 1.00 bits per heavy atom. The smallest absolute Gasteiger partial charge is 0.501 e. The van der Waals surface area contributed by atoms with Crippen molar-refractivity contribution in [3.05, 3.63) is 78.2 Å². The predicted octanol–water partition coefficient (Wildman–Crippen LogP) is 7.20. The average molecular weight is 623 g/mol. The molecule has 2 atom stereocenters. The average Bonchev–Trinajstić information content (AvgIpc) is 3.58. The number of halogens is 3. The SMILES string of the molecule is COC1=CC=CC(CN2CCC3(CC2)CCN(Cc2ccc4c(c2)c(-c2ccc(OC(F)(F)F)cc2)cn4CCCN)C3)C1C. The van der Waals surface area contributed by atoms with Gasteiger partial charge in [0.1, 0.15) is 5.75 Å². The van der Waals surface area contributed by atoms with E-state index in [0.717, 1.165) is 80.0 Å². The first-order valence-corrected chi connectivity index (χ1v) is 16.2. The van der Waals surface area contributed by atoms with Crippen LogP contribution in [0.5, 0.6) is 5.75 Å². The predicted molar refractivity (Wildman–Crippen MR) is 173 cm³/mol. The Bertz CT molecular complexity index is 1520. The van der Waals surface area contributed by atoms with Gasteiger partial charge in [0, 0.05) is 54.8 Å². The molecule has 3 aliphatic rings. The van der Waals surface area contributed by atoms with Crippen LogP contribution in [0.25, 0.3) is 22.0 Å². The van der Waals surface area contributed by atoms with Crippen LogP contribution in [-0.2, 0) is 17.8 Å². The molecule has 3 aromatic rings. The molecule has 2 N–H and O–H groups in total. The number of piperidine rings is 1. The topological polar surface area (TPSA) is 55.9 Å². The number of benzene rings is 2. The lowest BCUT2D eigenvalue weighted by Crippen LogP contribution is -2.44. The third kappa shape index (κ3) is 7.26. The number of nitrogens with two attached hydrogens (primary N) is 1. The van der Waals surface area contributed by atoms with E-state index in [0.29, 0.717) is 23.8 Å². The summed E-state index contributed by atoms with van der Waals surface area (Å²) >= 11 is 0. The van der Waals surface area contributed by atoms with E-state index in [4.69, 9.17) is 10.5 Å². The van der Waals surface area contributed by atoms with Crippen molar-refractivity contribution < 1.29 is 22.6 Å². The van der Waals surface area contributed by atoms with E-state index in [9.17, 15) is 13.2 Å². The van der Waals surface area contributed by atoms with Gasteiger partial charge >= 0.3 is 6.36 Å². The molecular weight excluding hydrogens is 577 g/mol. The highest BCUT2D eigenvalue weighted by atomic mass is 19.4. The molecule has 2 fully saturated rings. The zero-order chi connectivity index (χ0) is 31.6. The van der Waals surface area contributed by atoms with Crippen LogP contribution in [0.1, 0.15) is 38.2 Å². The van der Waals surface area contributed by atoms with Gasteiger partial charge in [0.25, 0.3) is 0 Å². The van der Waals surface area contributed by atoms with E-state index < -0.39 is 6.36 Å². The van der Waals surface area contributed by atoms with Crippen LogP contribution in [0.15, 0.2) is 72.6 Å². The van der Waals surface area contributed by atoms with Crippen molar-refractivity contribution in [3.8, 4) is 16.9 Å². The van der Waals surface area contributed by atoms with E-state index in [-0.39, 0.29) is 5.75 Å². The normalized spacial score (nSPS) is 22.3. The molecule has 3 heterocycles. The van der Waals surface area contributed by atoms with Crippen molar-refractivity contribution in [2.75, 3.05) is 46.4 Å². The largest absolute Gasteiger partial charge is 0.573 e. The molecular formula is C36H45F3N4O2. The summed E-state index contributed by atoms with van der Waals surface area (Å²) in [5.41, 5.74) is 10.4. The zero-order valence-electron chi connectivity index (χ0n) is 26.4. The fourth-order valence-corrected chi connectivity index (χ4v) is 7.59. The number of allylic oxidation sites excluding steroid dienone is 3. The number of ether oxygens (including phenoxy) is 2. The van der Waals surface area contributed by atoms with Gasteiger partial charge in [-0.15, -0.1) is 13.2 Å². The first kappa shape index (κ1) is 31.7. The molecule has 1 spiro atoms. The molecule has 2 saturated heterocycles. The van der Waals surface area contributed by atoms with Crippen LogP contribution in [0, 0.1) is 17.3 Å². The Kier molecular flexibility index (Phi) is 9.32. The van der Waals surface area contributed by atoms with Crippen molar-refractivity contribution in [1.82, 2.24) is 14.4 Å². The van der Waals surface area contributed by atoms with E-state index >= 15 is 0 Å². The van der Waals surface area contributed by atoms with E-state index in [1.807, 2.05) is 0 Å². The summed E-state index contributed by atoms with van der Waals surface area (Å²) in [6.07, 6.45) is 8.51. The number of rotatable bonds is 10. The Balaban J connectivity index is 1.12. The quantitative estimate of drug-likeness (QED) is 0.259. The standard InChI is InChI=1S/C36H45F3N4O2/c1-26-29(5-3-6-34(26)44-2)23-41-18-13-35(14-19-41)15-20-42(25-35)22-27-7-12-33-31(21-27)32(24-43(33)17-4-16-40)28-8-10-30(11-9-28)45-36(37,38)39/h3,5-12,21,24,26,29H,4,13-20,22-23,25,40H2,1-2H3. The first-order chi connectivity index (χ1) is 21.6. The van der Waals surface area contributed by atoms with Crippen molar-refractivity contribution in [2.24, 2.45) is 23.0 Å². The second-order valence-electron chi connectivity index (χ2n) is 13.2. The molecule has 1 aromatic heterocycles. The number of likely N-dealkylation sites (tertiary alicyclic amines) is 2. The fraction of sp³-hybridized carbons (Fsp3) is 0.500. The minimum absolute atomic E-state index is 0.217. The number of methoxy groups -OCH3 is 1. The van der Waals surface area contributed by atoms with Crippen LogP contribution in [0.3, 0.4) is 0 Å². The van der Waals surface area contributed by atoms with Gasteiger partial charge in [0.05, 0.1) is 12.9 Å². The van der Waals surface area contributed by atoms with Crippen LogP contribution in [-0.4, -0.2) is 67.1 Å². The molecule has 6 nitrogen and oxygen atoms in total. The van der Waals surface area contributed by atoms with Crippen LogP contribution >= 0.6 is 0 Å². The second kappa shape index (κ2) is 13.2. The molecule has 0 radical (unpaired) electrons. The number of fused-ring (bicyclic) bond motifs is 1. The van der Waals surface area contributed by atoms with E-state index in [1.165, 1.54) is 37.0 Å². The minimum atomic E-state index is -4.71. The number of aryl methyl sites for hydroxylation is 1. The van der Waals surface area contributed by atoms with Gasteiger partial charge in [-0.1, -0.05) is 37.3 Å². The summed E-state index contributed by atoms with van der Waals surface area (Å²) < 4.78 is 50.0. The summed E-state index contributed by atoms with van der Waals surface area (Å²) in [4.78, 5) is 5.25. The van der Waals surface area contributed by atoms with Gasteiger partial charge in [-0.2, -0.15) is 0 Å². The Labute approximate surface area is 264 Å². The molecule has 6 rings (SSSR count). The van der Waals surface area contributed by atoms with Crippen LogP contribution < -0.4 is 10.5 Å². The Hall–Kier alpha value is -3.27. The lowest BCUT2D eigenvalue weighted by Gasteiger charge is -2.41. The maximum Gasteiger partial charge on any atom is 0.573 e. The summed E-state index contributed by atoms with van der Waals surface area (Å²) in [6, 6.07) is 12.8. The van der Waals surface area contributed by atoms with Gasteiger partial charge < -0.3 is 24.7 Å². The van der Waals surface area contributed by atoms with Gasteiger partial charge in [0.15, 0.2) is 0 Å². The number of aromatic nitrogens is 1. The third-order valence-electron chi connectivity index (χ3n) is 10.2. The zero-order valence-corrected chi connectivity index (χ0v) is 26.4. The Morgan fingerprint density at radius 3 is 2.42 bits per heavy atom. The van der Waals surface area contributed by atoms with Gasteiger partial charge in [-0.05, 0) is 105 Å². The van der Waals surface area contributed by atoms with Crippen molar-refractivity contribution in [3.63, 3.8) is 0 Å². The van der Waals surface area contributed by atoms with Gasteiger partial charge in [0.2, 0.25) is 0 Å². The second-order valence-corrected chi connectivity index (χ2v) is 13.2. The van der Waals surface area contributed by atoms with Gasteiger partial charge in [-0.25, -0.2) is 0 Å². The van der Waals surface area contributed by atoms with E-state index in [2.05, 4.69) is 68.7 Å². The Morgan fingerprint density at radius 2 is 1.73 bits per heavy atom. The molecule has 2 aliphatic heterocycles. The third-order valence-corrected chi connectivity index (χ3v) is 10.2. The fourth-order valence-electron chi connectivity index (χ4n) is 7.59. The number of nitrogens with zero attached hydrogens (tertiary/aromatic N) is 3. The lowest BCUT2D eigenvalue weighted by atomic mass is 9.77. The molecule has 0 saturated carbocycles. The number of alkyl halides is 3. The van der Waals surface area contributed by atoms with Crippen molar-refractivity contribution >= 4 is 10.9 Å². The minimum Gasteiger partial charge on any atom is -0.501 e. The number of hydrogen-bond donors (Lipinski definition) is 1. The van der Waals surface area contributed by atoms with Crippen LogP contribution in [0.4, 0.5) is 13.2 Å². The monoisotopic (exact) mass is 622 g/mol. The van der Waals surface area contributed by atoms with Crippen molar-refractivity contribution in [2.45, 2.75) is 52.1 Å². The first-order valence-electron chi connectivity index (χ1n) is 16.2. The molecule has 0 bridgehead atoms. The lowest BCUT2D eigenvalue weighted by molar-refractivity contribution is -0.274. The molecule has 242 valence electrons. The highest BCUT2D eigenvalue weighted by Crippen LogP contribution is 2.42. The number of hydrogen-bond acceptors (Lipinski definition) is 5. The molecule has 1 aliphatic carbocycles. The molecule has 0 amide bonds. The van der Waals surface area contributed by atoms with Crippen molar-refractivity contribution in [1.29, 1.82) is 0 Å². The maximum absolute atomic E-state index is 12.7. The van der Waals surface area contributed by atoms with E-state index in [1.54, 1.807) is 19.2 Å². The highest BCUT2D eigenvalue weighted by molar-refractivity contribution is 5.96. The maximum atomic E-state index is 12.7. The molecule has 45 heavy (non-hydrogen) atoms.